The van der Waals surface area contributed by atoms with Crippen LogP contribution in [0, 0.1) is 0 Å². The molecule has 0 saturated carbocycles. The van der Waals surface area contributed by atoms with Gasteiger partial charge in [0.2, 0.25) is 0 Å². The molecule has 5 nitrogen and oxygen atoms in total. The number of benzene rings is 1. The topological polar surface area (TPSA) is 54.7 Å². The number of quaternary nitrogens is 1. The van der Waals surface area contributed by atoms with Gasteiger partial charge in [0.25, 0.3) is 11.8 Å². The Bertz CT molecular complexity index is 772. The van der Waals surface area contributed by atoms with Crippen molar-refractivity contribution < 1.29 is 14.5 Å². The molecule has 1 aromatic heterocycles. The van der Waals surface area contributed by atoms with Crippen molar-refractivity contribution in [2.75, 3.05) is 20.6 Å². The van der Waals surface area contributed by atoms with E-state index < -0.39 is 0 Å². The third-order valence-electron chi connectivity index (χ3n) is 4.54. The Hall–Kier alpha value is -2.05. The molecule has 3 rings (SSSR count). The van der Waals surface area contributed by atoms with Gasteiger partial charge in [-0.15, -0.1) is 0 Å². The van der Waals surface area contributed by atoms with Gasteiger partial charge in [-0.1, -0.05) is 34.1 Å². The predicted molar refractivity (Wildman–Crippen MR) is 98.8 cm³/mol. The lowest BCUT2D eigenvalue weighted by Crippen LogP contribution is -3.06. The van der Waals surface area contributed by atoms with Crippen LogP contribution in [0.4, 0.5) is 0 Å². The number of hydrogen-bond donors (Lipinski definition) is 1. The van der Waals surface area contributed by atoms with Gasteiger partial charge in [-0.25, -0.2) is 0 Å². The van der Waals surface area contributed by atoms with Crippen molar-refractivity contribution >= 4 is 27.7 Å². The molecule has 0 spiro atoms. The van der Waals surface area contributed by atoms with Gasteiger partial charge in [0.1, 0.15) is 6.04 Å². The monoisotopic (exact) mass is 402 g/mol. The molecule has 1 aliphatic rings. The van der Waals surface area contributed by atoms with Crippen LogP contribution < -0.4 is 4.90 Å². The second kappa shape index (κ2) is 7.45. The van der Waals surface area contributed by atoms with E-state index in [0.717, 1.165) is 11.4 Å². The van der Waals surface area contributed by atoms with Gasteiger partial charge in [0, 0.05) is 18.3 Å². The second-order valence-corrected chi connectivity index (χ2v) is 6.97. The number of pyridine rings is 1. The van der Waals surface area contributed by atoms with E-state index in [-0.39, 0.29) is 17.9 Å². The molecule has 1 unspecified atom stereocenters. The first-order valence-corrected chi connectivity index (χ1v) is 9.42. The predicted octanol–water partition coefficient (Wildman–Crippen LogP) is 1.85. The summed E-state index contributed by atoms with van der Waals surface area (Å²) in [5.41, 5.74) is 2.96. The molecular weight excluding hydrogens is 382 g/mol. The maximum absolute atomic E-state index is 12.5. The molecule has 0 radical (unpaired) electrons. The number of carbonyl (C=O) groups is 2. The highest BCUT2D eigenvalue weighted by Crippen LogP contribution is 2.24. The average Bonchev–Trinajstić information content (AvgIpc) is 2.87. The Morgan fingerprint density at radius 1 is 1.04 bits per heavy atom. The largest absolute Gasteiger partial charge is 0.332 e. The van der Waals surface area contributed by atoms with Crippen LogP contribution in [-0.2, 0) is 5.33 Å². The first-order valence-electron chi connectivity index (χ1n) is 8.30. The van der Waals surface area contributed by atoms with Gasteiger partial charge in [0.05, 0.1) is 36.6 Å². The van der Waals surface area contributed by atoms with Crippen LogP contribution in [0.25, 0.3) is 0 Å². The number of rotatable bonds is 6. The van der Waals surface area contributed by atoms with Crippen molar-refractivity contribution in [1.82, 2.24) is 9.88 Å². The third kappa shape index (κ3) is 3.50. The van der Waals surface area contributed by atoms with E-state index in [4.69, 9.17) is 0 Å². The molecule has 2 aromatic rings. The minimum Gasteiger partial charge on any atom is -0.332 e. The number of nitrogens with one attached hydrogen (secondary N) is 1. The summed E-state index contributed by atoms with van der Waals surface area (Å²) < 4.78 is 0. The summed E-state index contributed by atoms with van der Waals surface area (Å²) in [6, 6.07) is 13.1. The van der Waals surface area contributed by atoms with Crippen molar-refractivity contribution in [2.45, 2.75) is 17.8 Å². The van der Waals surface area contributed by atoms with Crippen LogP contribution in [0.2, 0.25) is 0 Å². The molecular formula is C19H21BrN3O2+. The lowest BCUT2D eigenvalue weighted by atomic mass is 10.1. The molecule has 0 aliphatic carbocycles. The molecule has 1 aromatic carbocycles. The minimum atomic E-state index is -0.199. The molecule has 0 saturated heterocycles. The van der Waals surface area contributed by atoms with Gasteiger partial charge in [-0.3, -0.25) is 19.5 Å². The Labute approximate surface area is 155 Å². The second-order valence-electron chi connectivity index (χ2n) is 6.41. The number of alkyl halides is 1. The molecule has 1 N–H and O–H groups in total. The lowest BCUT2D eigenvalue weighted by Gasteiger charge is -2.23. The Kier molecular flexibility index (Phi) is 5.30. The number of carbonyl (C=O) groups excluding carboxylic acids is 2. The van der Waals surface area contributed by atoms with Crippen LogP contribution in [0.1, 0.15) is 44.6 Å². The van der Waals surface area contributed by atoms with Crippen molar-refractivity contribution in [2.24, 2.45) is 0 Å². The van der Waals surface area contributed by atoms with Gasteiger partial charge in [0.15, 0.2) is 0 Å². The summed E-state index contributed by atoms with van der Waals surface area (Å²) in [7, 11) is 4.13. The fraction of sp³-hybridized carbons (Fsp3) is 0.316. The number of aromatic nitrogens is 1. The van der Waals surface area contributed by atoms with E-state index >= 15 is 0 Å². The van der Waals surface area contributed by atoms with Crippen LogP contribution in [0.3, 0.4) is 0 Å². The van der Waals surface area contributed by atoms with E-state index in [2.05, 4.69) is 35.0 Å². The van der Waals surface area contributed by atoms with E-state index in [9.17, 15) is 9.59 Å². The number of halogens is 1. The highest BCUT2D eigenvalue weighted by atomic mass is 79.9. The van der Waals surface area contributed by atoms with E-state index in [1.807, 2.05) is 18.2 Å². The number of imide groups is 1. The molecule has 0 fully saturated rings. The van der Waals surface area contributed by atoms with Crippen molar-refractivity contribution in [1.29, 1.82) is 0 Å². The standard InChI is InChI=1S/C19H20BrN3O2/c1-22(2)17(16-9-5-6-13(12-20)21-16)10-11-23-18(24)14-7-3-4-8-15(14)19(23)25/h3-9,17H,10-12H2,1-2H3/p+1. The normalized spacial score (nSPS) is 15.0. The highest BCUT2D eigenvalue weighted by molar-refractivity contribution is 9.08. The summed E-state index contributed by atoms with van der Waals surface area (Å²) >= 11 is 3.44. The smallest absolute Gasteiger partial charge is 0.261 e. The first kappa shape index (κ1) is 17.8. The molecule has 130 valence electrons. The van der Waals surface area contributed by atoms with Gasteiger partial charge < -0.3 is 4.90 Å². The Balaban J connectivity index is 1.77. The molecule has 6 heteroatoms. The van der Waals surface area contributed by atoms with Crippen LogP contribution in [-0.4, -0.2) is 42.3 Å². The molecule has 1 aliphatic heterocycles. The zero-order valence-electron chi connectivity index (χ0n) is 14.3. The summed E-state index contributed by atoms with van der Waals surface area (Å²) in [5.74, 6) is -0.398. The fourth-order valence-corrected chi connectivity index (χ4v) is 3.51. The maximum atomic E-state index is 12.5. The van der Waals surface area contributed by atoms with Gasteiger partial charge >= 0.3 is 0 Å². The third-order valence-corrected chi connectivity index (χ3v) is 5.11. The van der Waals surface area contributed by atoms with Gasteiger partial charge in [-0.2, -0.15) is 0 Å². The van der Waals surface area contributed by atoms with Gasteiger partial charge in [-0.05, 0) is 24.3 Å². The van der Waals surface area contributed by atoms with E-state index in [0.29, 0.717) is 29.4 Å². The van der Waals surface area contributed by atoms with Crippen LogP contribution in [0.15, 0.2) is 42.5 Å². The number of hydrogen-bond acceptors (Lipinski definition) is 3. The quantitative estimate of drug-likeness (QED) is 0.592. The van der Waals surface area contributed by atoms with Crippen LogP contribution in [0.5, 0.6) is 0 Å². The van der Waals surface area contributed by atoms with Crippen molar-refractivity contribution in [3.05, 3.63) is 65.0 Å². The molecule has 0 bridgehead atoms. The zero-order chi connectivity index (χ0) is 18.0. The fourth-order valence-electron chi connectivity index (χ4n) is 3.20. The highest BCUT2D eigenvalue weighted by Gasteiger charge is 2.35. The first-order chi connectivity index (χ1) is 12.0. The molecule has 25 heavy (non-hydrogen) atoms. The number of amides is 2. The summed E-state index contributed by atoms with van der Waals surface area (Å²) in [6.45, 7) is 0.391. The zero-order valence-corrected chi connectivity index (χ0v) is 15.9. The summed E-state index contributed by atoms with van der Waals surface area (Å²) in [5, 5.41) is 0.703. The van der Waals surface area contributed by atoms with Crippen LogP contribution >= 0.6 is 15.9 Å². The number of nitrogens with zero attached hydrogens (tertiary/aromatic N) is 2. The molecule has 1 atom stereocenters. The maximum Gasteiger partial charge on any atom is 0.261 e. The molecule has 2 amide bonds. The number of fused-ring (bicyclic) bond motifs is 1. The average molecular weight is 403 g/mol. The SMILES string of the molecule is C[NH+](C)C(CCN1C(=O)c2ccccc2C1=O)c1cccc(CBr)n1. The molecule has 2 heterocycles. The lowest BCUT2D eigenvalue weighted by molar-refractivity contribution is -0.893. The Morgan fingerprint density at radius 2 is 1.68 bits per heavy atom. The minimum absolute atomic E-state index is 0.114. The summed E-state index contributed by atoms with van der Waals surface area (Å²) in [6.07, 6.45) is 0.673. The van der Waals surface area contributed by atoms with Crippen molar-refractivity contribution in [3.63, 3.8) is 0 Å². The Morgan fingerprint density at radius 3 is 2.24 bits per heavy atom. The van der Waals surface area contributed by atoms with E-state index in [1.165, 1.54) is 9.80 Å². The summed E-state index contributed by atoms with van der Waals surface area (Å²) in [4.78, 5) is 32.3. The van der Waals surface area contributed by atoms with E-state index in [1.54, 1.807) is 24.3 Å². The van der Waals surface area contributed by atoms with Crippen molar-refractivity contribution in [3.8, 4) is 0 Å².